The van der Waals surface area contributed by atoms with Gasteiger partial charge in [0.15, 0.2) is 0 Å². The van der Waals surface area contributed by atoms with E-state index in [0.717, 1.165) is 30.0 Å². The smallest absolute Gasteiger partial charge is 0.0946 e. The van der Waals surface area contributed by atoms with Crippen molar-refractivity contribution in [1.29, 1.82) is 0 Å². The molecule has 2 aromatic heterocycles. The summed E-state index contributed by atoms with van der Waals surface area (Å²) in [5.74, 6) is 5.64. The van der Waals surface area contributed by atoms with E-state index in [9.17, 15) is 0 Å². The van der Waals surface area contributed by atoms with Crippen LogP contribution in [-0.4, -0.2) is 16.0 Å². The van der Waals surface area contributed by atoms with Crippen LogP contribution < -0.4 is 11.3 Å². The van der Waals surface area contributed by atoms with E-state index >= 15 is 0 Å². The first-order valence-corrected chi connectivity index (χ1v) is 7.28. The molecule has 1 unspecified atom stereocenters. The zero-order valence-electron chi connectivity index (χ0n) is 11.4. The van der Waals surface area contributed by atoms with Gasteiger partial charge in [-0.1, -0.05) is 0 Å². The van der Waals surface area contributed by atoms with E-state index in [-0.39, 0.29) is 6.04 Å². The Balaban J connectivity index is 1.90. The average molecular weight is 276 g/mol. The molecule has 0 aromatic carbocycles. The maximum Gasteiger partial charge on any atom is 0.0946 e. The number of hydrogen-bond acceptors (Lipinski definition) is 5. The molecule has 3 N–H and O–H groups in total. The minimum Gasteiger partial charge on any atom is -0.271 e. The van der Waals surface area contributed by atoms with Gasteiger partial charge in [0, 0.05) is 29.7 Å². The molecule has 5 heteroatoms. The Morgan fingerprint density at radius 1 is 1.32 bits per heavy atom. The lowest BCUT2D eigenvalue weighted by molar-refractivity contribution is 0.490. The van der Waals surface area contributed by atoms with Crippen LogP contribution in [0.1, 0.15) is 27.6 Å². The minimum atomic E-state index is 0.262. The van der Waals surface area contributed by atoms with E-state index in [1.165, 1.54) is 10.4 Å². The van der Waals surface area contributed by atoms with Crippen molar-refractivity contribution >= 4 is 11.3 Å². The molecule has 0 aliphatic heterocycles. The van der Waals surface area contributed by atoms with Gasteiger partial charge in [-0.05, 0) is 44.4 Å². The predicted molar refractivity (Wildman–Crippen MR) is 79.0 cm³/mol. The van der Waals surface area contributed by atoms with Crippen LogP contribution in [0.5, 0.6) is 0 Å². The third-order valence-corrected chi connectivity index (χ3v) is 4.36. The molecule has 0 bridgehead atoms. The van der Waals surface area contributed by atoms with Gasteiger partial charge in [0.1, 0.15) is 0 Å². The van der Waals surface area contributed by atoms with Crippen molar-refractivity contribution in [2.24, 2.45) is 5.84 Å². The highest BCUT2D eigenvalue weighted by Gasteiger charge is 2.12. The molecule has 0 aliphatic rings. The fraction of sp³-hybridized carbons (Fsp3) is 0.429. The van der Waals surface area contributed by atoms with Crippen molar-refractivity contribution in [3.8, 4) is 0 Å². The summed E-state index contributed by atoms with van der Waals surface area (Å²) in [6.07, 6.45) is 6.54. The summed E-state index contributed by atoms with van der Waals surface area (Å²) in [4.78, 5) is 9.88. The molecule has 0 fully saturated rings. The van der Waals surface area contributed by atoms with Crippen molar-refractivity contribution < 1.29 is 0 Å². The number of aryl methyl sites for hydroxylation is 3. The second kappa shape index (κ2) is 6.75. The summed E-state index contributed by atoms with van der Waals surface area (Å²) >= 11 is 1.76. The molecule has 0 amide bonds. The average Bonchev–Trinajstić information content (AvgIpc) is 2.74. The highest BCUT2D eigenvalue weighted by atomic mass is 32.1. The highest BCUT2D eigenvalue weighted by Crippen LogP contribution is 2.18. The normalized spacial score (nSPS) is 12.6. The lowest BCUT2D eigenvalue weighted by Gasteiger charge is -2.14. The zero-order valence-corrected chi connectivity index (χ0v) is 12.2. The lowest BCUT2D eigenvalue weighted by atomic mass is 10.0. The molecule has 0 spiro atoms. The molecule has 1 atom stereocenters. The van der Waals surface area contributed by atoms with Crippen LogP contribution in [0.4, 0.5) is 0 Å². The SMILES string of the molecule is Cc1nc(CC(CCc2ccncc2)NN)sc1C. The largest absolute Gasteiger partial charge is 0.271 e. The van der Waals surface area contributed by atoms with Crippen LogP contribution in [0.2, 0.25) is 0 Å². The van der Waals surface area contributed by atoms with Gasteiger partial charge in [0.05, 0.1) is 10.7 Å². The van der Waals surface area contributed by atoms with E-state index in [2.05, 4.69) is 29.2 Å². The first kappa shape index (κ1) is 14.1. The predicted octanol–water partition coefficient (Wildman–Crippen LogP) is 2.16. The molecule has 102 valence electrons. The fourth-order valence-corrected chi connectivity index (χ4v) is 2.99. The first-order chi connectivity index (χ1) is 9.19. The van der Waals surface area contributed by atoms with Gasteiger partial charge in [0.2, 0.25) is 0 Å². The Labute approximate surface area is 118 Å². The summed E-state index contributed by atoms with van der Waals surface area (Å²) < 4.78 is 0. The molecule has 2 aromatic rings. The summed E-state index contributed by atoms with van der Waals surface area (Å²) in [5.41, 5.74) is 5.32. The van der Waals surface area contributed by atoms with Crippen molar-refractivity contribution in [1.82, 2.24) is 15.4 Å². The third kappa shape index (κ3) is 4.09. The number of aromatic nitrogens is 2. The highest BCUT2D eigenvalue weighted by molar-refractivity contribution is 7.11. The van der Waals surface area contributed by atoms with Gasteiger partial charge in [0.25, 0.3) is 0 Å². The zero-order chi connectivity index (χ0) is 13.7. The molecule has 0 aliphatic carbocycles. The van der Waals surface area contributed by atoms with E-state index in [0.29, 0.717) is 0 Å². The van der Waals surface area contributed by atoms with Gasteiger partial charge in [-0.2, -0.15) is 0 Å². The second-order valence-corrected chi connectivity index (χ2v) is 6.00. The number of rotatable bonds is 6. The monoisotopic (exact) mass is 276 g/mol. The molecule has 0 saturated carbocycles. The van der Waals surface area contributed by atoms with Crippen LogP contribution in [0, 0.1) is 13.8 Å². The topological polar surface area (TPSA) is 63.8 Å². The molecule has 0 saturated heterocycles. The van der Waals surface area contributed by atoms with Crippen LogP contribution in [0.3, 0.4) is 0 Å². The first-order valence-electron chi connectivity index (χ1n) is 6.47. The number of pyridine rings is 1. The maximum atomic E-state index is 5.64. The number of nitrogens with zero attached hydrogens (tertiary/aromatic N) is 2. The minimum absolute atomic E-state index is 0.262. The van der Waals surface area contributed by atoms with E-state index in [4.69, 9.17) is 5.84 Å². The van der Waals surface area contributed by atoms with Crippen molar-refractivity contribution in [2.45, 2.75) is 39.2 Å². The Morgan fingerprint density at radius 2 is 2.05 bits per heavy atom. The van der Waals surface area contributed by atoms with Crippen LogP contribution in [-0.2, 0) is 12.8 Å². The quantitative estimate of drug-likeness (QED) is 0.627. The number of thiazole rings is 1. The van der Waals surface area contributed by atoms with Crippen molar-refractivity contribution in [3.63, 3.8) is 0 Å². The number of nitrogens with two attached hydrogens (primary N) is 1. The number of nitrogens with one attached hydrogen (secondary N) is 1. The van der Waals surface area contributed by atoms with Gasteiger partial charge < -0.3 is 0 Å². The third-order valence-electron chi connectivity index (χ3n) is 3.26. The Kier molecular flexibility index (Phi) is 5.01. The summed E-state index contributed by atoms with van der Waals surface area (Å²) in [5, 5.41) is 1.16. The molecule has 4 nitrogen and oxygen atoms in total. The molecular formula is C14H20N4S. The standard InChI is InChI=1S/C14H20N4S/c1-10-11(2)19-14(17-10)9-13(18-15)4-3-12-5-7-16-8-6-12/h5-8,13,18H,3-4,9,15H2,1-2H3. The van der Waals surface area contributed by atoms with Gasteiger partial charge >= 0.3 is 0 Å². The lowest BCUT2D eigenvalue weighted by Crippen LogP contribution is -2.37. The second-order valence-electron chi connectivity index (χ2n) is 4.71. The van der Waals surface area contributed by atoms with Crippen LogP contribution in [0.25, 0.3) is 0 Å². The Morgan fingerprint density at radius 3 is 2.63 bits per heavy atom. The van der Waals surface area contributed by atoms with E-state index in [1.54, 1.807) is 11.3 Å². The Bertz CT molecular complexity index is 490. The van der Waals surface area contributed by atoms with Crippen molar-refractivity contribution in [3.05, 3.63) is 45.7 Å². The van der Waals surface area contributed by atoms with Crippen LogP contribution in [0.15, 0.2) is 24.5 Å². The maximum absolute atomic E-state index is 5.64. The fourth-order valence-electron chi connectivity index (χ4n) is 1.97. The van der Waals surface area contributed by atoms with Crippen LogP contribution >= 0.6 is 11.3 Å². The number of hydrazine groups is 1. The van der Waals surface area contributed by atoms with Gasteiger partial charge in [-0.25, -0.2) is 4.98 Å². The Hall–Kier alpha value is -1.30. The molecule has 2 rings (SSSR count). The molecule has 0 radical (unpaired) electrons. The van der Waals surface area contributed by atoms with Gasteiger partial charge in [-0.15, -0.1) is 11.3 Å². The molecular weight excluding hydrogens is 256 g/mol. The molecule has 19 heavy (non-hydrogen) atoms. The van der Waals surface area contributed by atoms with E-state index < -0.39 is 0 Å². The summed E-state index contributed by atoms with van der Waals surface area (Å²) in [7, 11) is 0. The van der Waals surface area contributed by atoms with Gasteiger partial charge in [-0.3, -0.25) is 16.3 Å². The summed E-state index contributed by atoms with van der Waals surface area (Å²) in [6, 6.07) is 4.36. The summed E-state index contributed by atoms with van der Waals surface area (Å²) in [6.45, 7) is 4.16. The van der Waals surface area contributed by atoms with Crippen molar-refractivity contribution in [2.75, 3.05) is 0 Å². The number of hydrogen-bond donors (Lipinski definition) is 2. The molecule has 2 heterocycles. The van der Waals surface area contributed by atoms with E-state index in [1.807, 2.05) is 24.5 Å².